The van der Waals surface area contributed by atoms with Gasteiger partial charge in [0.25, 0.3) is 0 Å². The van der Waals surface area contributed by atoms with E-state index >= 15 is 0 Å². The lowest BCUT2D eigenvalue weighted by Crippen LogP contribution is -2.30. The zero-order valence-corrected chi connectivity index (χ0v) is 67.0. The largest absolute Gasteiger partial charge is 0.472 e. The van der Waals surface area contributed by atoms with Crippen LogP contribution in [0.5, 0.6) is 0 Å². The van der Waals surface area contributed by atoms with Crippen LogP contribution in [0.25, 0.3) is 0 Å². The van der Waals surface area contributed by atoms with Crippen LogP contribution < -0.4 is 0 Å². The number of carbonyl (C=O) groups is 3. The lowest BCUT2D eigenvalue weighted by molar-refractivity contribution is -0.161. The molecule has 0 bridgehead atoms. The van der Waals surface area contributed by atoms with Crippen LogP contribution in [0.2, 0.25) is 0 Å². The van der Waals surface area contributed by atoms with Crippen molar-refractivity contribution in [2.75, 3.05) is 39.6 Å². The van der Waals surface area contributed by atoms with Gasteiger partial charge in [0.1, 0.15) is 25.4 Å². The van der Waals surface area contributed by atoms with Gasteiger partial charge in [0, 0.05) is 19.3 Å². The summed E-state index contributed by atoms with van der Waals surface area (Å²) in [6.45, 7) is 2.57. The summed E-state index contributed by atoms with van der Waals surface area (Å²) in [5, 5.41) is 20.6. The summed E-state index contributed by atoms with van der Waals surface area (Å²) in [6.07, 6.45) is 91.4. The zero-order valence-electron chi connectivity index (χ0n) is 65.2. The lowest BCUT2D eigenvalue weighted by atomic mass is 10.0. The van der Waals surface area contributed by atoms with E-state index in [1.165, 1.54) is 154 Å². The van der Waals surface area contributed by atoms with E-state index in [1.807, 2.05) is 0 Å². The first-order valence-electron chi connectivity index (χ1n) is 41.2. The van der Waals surface area contributed by atoms with Gasteiger partial charge < -0.3 is 34.2 Å². The summed E-state index contributed by atoms with van der Waals surface area (Å²) in [5.41, 5.74) is 0. The Balaban J connectivity index is 4.45. The summed E-state index contributed by atoms with van der Waals surface area (Å²) >= 11 is 0. The number of phosphoric acid groups is 2. The van der Waals surface area contributed by atoms with Crippen LogP contribution in [0.4, 0.5) is 0 Å². The Morgan fingerprint density at radius 2 is 0.515 bits per heavy atom. The Kier molecular flexibility index (Phi) is 74.9. The van der Waals surface area contributed by atoms with Crippen molar-refractivity contribution in [1.29, 1.82) is 0 Å². The normalized spacial score (nSPS) is 14.5. The van der Waals surface area contributed by atoms with Crippen LogP contribution in [0, 0.1) is 0 Å². The first-order valence-corrected chi connectivity index (χ1v) is 44.2. The van der Waals surface area contributed by atoms with Crippen molar-refractivity contribution in [3.05, 3.63) is 109 Å². The topological polar surface area (TPSA) is 231 Å². The molecule has 5 atom stereocenters. The maximum absolute atomic E-state index is 13.0. The summed E-state index contributed by atoms with van der Waals surface area (Å²) in [6, 6.07) is 0. The van der Waals surface area contributed by atoms with Crippen molar-refractivity contribution >= 4 is 33.6 Å². The second-order valence-electron chi connectivity index (χ2n) is 27.6. The Morgan fingerprint density at radius 1 is 0.282 bits per heavy atom. The third kappa shape index (κ3) is 79.1. The number of hydrogen-bond acceptors (Lipinski definition) is 14. The third-order valence-corrected chi connectivity index (χ3v) is 19.4. The fraction of sp³-hybridized carbons (Fsp3) is 0.753. The van der Waals surface area contributed by atoms with Gasteiger partial charge in [0.2, 0.25) is 0 Å². The van der Waals surface area contributed by atoms with Crippen LogP contribution in [0.1, 0.15) is 355 Å². The van der Waals surface area contributed by atoms with Crippen molar-refractivity contribution in [1.82, 2.24) is 0 Å². The van der Waals surface area contributed by atoms with Crippen LogP contribution in [-0.2, 0) is 55.8 Å². The average Bonchev–Trinajstić information content (AvgIpc) is 0.914. The predicted octanol–water partition coefficient (Wildman–Crippen LogP) is 24.3. The summed E-state index contributed by atoms with van der Waals surface area (Å²) in [5.74, 6) is -1.57. The molecule has 0 aliphatic rings. The Morgan fingerprint density at radius 3 is 0.835 bits per heavy atom. The number of aliphatic hydroxyl groups is 2. The molecule has 0 saturated heterocycles. The van der Waals surface area contributed by atoms with Crippen LogP contribution in [0.3, 0.4) is 0 Å². The second kappa shape index (κ2) is 77.8. The molecule has 0 aliphatic carbocycles. The molecule has 0 amide bonds. The number of ether oxygens (including phenoxy) is 3. The Bertz CT molecular complexity index is 2310. The van der Waals surface area contributed by atoms with E-state index in [4.69, 9.17) is 32.3 Å². The molecule has 0 saturated carbocycles. The van der Waals surface area contributed by atoms with Crippen molar-refractivity contribution < 1.29 is 75.8 Å². The zero-order chi connectivity index (χ0) is 75.2. The molecule has 596 valence electrons. The molecule has 0 radical (unpaired) electrons. The van der Waals surface area contributed by atoms with E-state index in [1.54, 1.807) is 0 Å². The molecular weight excluding hydrogens is 1340 g/mol. The summed E-state index contributed by atoms with van der Waals surface area (Å²) in [7, 11) is -9.78. The summed E-state index contributed by atoms with van der Waals surface area (Å²) in [4.78, 5) is 58.7. The molecule has 4 N–H and O–H groups in total. The molecule has 5 unspecified atom stereocenters. The van der Waals surface area contributed by atoms with E-state index in [0.717, 1.165) is 141 Å². The first kappa shape index (κ1) is 99.2. The minimum absolute atomic E-state index is 0.105. The molecule has 0 aliphatic heterocycles. The molecule has 103 heavy (non-hydrogen) atoms. The molecule has 18 heteroatoms. The smallest absolute Gasteiger partial charge is 0.463 e. The van der Waals surface area contributed by atoms with E-state index in [2.05, 4.69) is 130 Å². The lowest BCUT2D eigenvalue weighted by Gasteiger charge is -2.21. The fourth-order valence-electron chi connectivity index (χ4n) is 11.2. The van der Waals surface area contributed by atoms with Gasteiger partial charge in [0.05, 0.1) is 26.4 Å². The highest BCUT2D eigenvalue weighted by molar-refractivity contribution is 7.47. The molecule has 0 aromatic heterocycles. The standard InChI is InChI=1S/C85H150O16P2/c1-4-7-10-13-16-19-22-25-27-29-31-33-35-36-37-38-39-40-41-42-44-46-47-49-51-54-56-59-62-65-68-71-83(88)95-74-80(86)75-97-102(91,92)98-76-81(87)77-99-103(93,94)100-79-82(101-85(90)73-70-67-64-61-58-53-24-21-18-15-12-9-6-3)78-96-84(89)72-69-66-63-60-57-55-52-50-48-45-43-34-32-30-28-26-23-20-17-14-11-8-5-2/h7,10,16-17,19-20,25-28,31-34,36-37,45,48,80-82,86-87H,4-6,8-9,11-15,18,21-24,29-30,35,38-44,46-47,49-79H2,1-3H3,(H,91,92)(H,93,94)/b10-7-,19-16-,20-17-,27-25-,28-26-,33-31-,34-32-,37-36-,48-45-. The number of rotatable bonds is 78. The predicted molar refractivity (Wildman–Crippen MR) is 427 cm³/mol. The fourth-order valence-corrected chi connectivity index (χ4v) is 12.8. The highest BCUT2D eigenvalue weighted by Crippen LogP contribution is 2.45. The van der Waals surface area contributed by atoms with E-state index in [9.17, 15) is 43.5 Å². The highest BCUT2D eigenvalue weighted by Gasteiger charge is 2.29. The quantitative estimate of drug-likeness (QED) is 0.0146. The van der Waals surface area contributed by atoms with E-state index < -0.39 is 91.5 Å². The molecule has 16 nitrogen and oxygen atoms in total. The second-order valence-corrected chi connectivity index (χ2v) is 30.5. The van der Waals surface area contributed by atoms with Gasteiger partial charge in [-0.25, -0.2) is 9.13 Å². The van der Waals surface area contributed by atoms with Crippen molar-refractivity contribution in [2.24, 2.45) is 0 Å². The molecule has 0 fully saturated rings. The van der Waals surface area contributed by atoms with Crippen LogP contribution >= 0.6 is 15.6 Å². The Hall–Kier alpha value is -3.79. The number of carbonyl (C=O) groups excluding carboxylic acids is 3. The van der Waals surface area contributed by atoms with Gasteiger partial charge in [-0.3, -0.25) is 32.5 Å². The Labute approximate surface area is 628 Å². The van der Waals surface area contributed by atoms with Crippen molar-refractivity contribution in [3.8, 4) is 0 Å². The molecular formula is C85H150O16P2. The van der Waals surface area contributed by atoms with Crippen LogP contribution in [-0.4, -0.2) is 95.9 Å². The van der Waals surface area contributed by atoms with Gasteiger partial charge in [-0.05, 0) is 109 Å². The molecule has 0 spiro atoms. The van der Waals surface area contributed by atoms with Crippen molar-refractivity contribution in [2.45, 2.75) is 373 Å². The van der Waals surface area contributed by atoms with Gasteiger partial charge in [-0.2, -0.15) is 0 Å². The minimum Gasteiger partial charge on any atom is -0.463 e. The van der Waals surface area contributed by atoms with E-state index in [0.29, 0.717) is 19.3 Å². The maximum Gasteiger partial charge on any atom is 0.472 e. The van der Waals surface area contributed by atoms with E-state index in [-0.39, 0.29) is 19.3 Å². The monoisotopic (exact) mass is 1490 g/mol. The summed E-state index contributed by atoms with van der Waals surface area (Å²) < 4.78 is 61.2. The van der Waals surface area contributed by atoms with Gasteiger partial charge >= 0.3 is 33.6 Å². The van der Waals surface area contributed by atoms with Gasteiger partial charge in [0.15, 0.2) is 6.10 Å². The maximum atomic E-state index is 13.0. The van der Waals surface area contributed by atoms with Crippen LogP contribution in [0.15, 0.2) is 109 Å². The number of phosphoric ester groups is 2. The number of unbranched alkanes of at least 4 members (excludes halogenated alkanes) is 37. The highest BCUT2D eigenvalue weighted by atomic mass is 31.2. The van der Waals surface area contributed by atoms with Gasteiger partial charge in [-0.15, -0.1) is 0 Å². The third-order valence-electron chi connectivity index (χ3n) is 17.5. The molecule has 0 aromatic rings. The first-order chi connectivity index (χ1) is 50.2. The number of esters is 3. The minimum atomic E-state index is -4.93. The molecule has 0 rings (SSSR count). The number of allylic oxidation sites excluding steroid dienone is 18. The SMILES string of the molecule is CC/C=C\C/C=C\C/C=C\C/C=C\C/C=C\CCCCCCCCCCCCCCCCCC(=O)OCC(O)COP(=O)(O)OCC(O)COP(=O)(O)OCC(COC(=O)CCCCCCCCC/C=C\C/C=C\C/C=C\C/C=C\CCCCC)OC(=O)CCCCCCCCCCCCCCC. The van der Waals surface area contributed by atoms with Gasteiger partial charge in [-0.1, -0.05) is 336 Å². The molecule has 0 heterocycles. The van der Waals surface area contributed by atoms with Crippen molar-refractivity contribution in [3.63, 3.8) is 0 Å². The number of aliphatic hydroxyl groups excluding tert-OH is 2. The number of hydrogen-bond donors (Lipinski definition) is 4. The average molecular weight is 1490 g/mol. The molecule has 0 aromatic carbocycles.